The molecule has 0 spiro atoms. The highest BCUT2D eigenvalue weighted by Crippen LogP contribution is 2.26. The summed E-state index contributed by atoms with van der Waals surface area (Å²) in [4.78, 5) is 44.1. The highest BCUT2D eigenvalue weighted by molar-refractivity contribution is 5.93. The summed E-state index contributed by atoms with van der Waals surface area (Å²) in [6, 6.07) is 9.10. The molecular weight excluding hydrogens is 412 g/mol. The molecule has 0 aliphatic rings. The van der Waals surface area contributed by atoms with Gasteiger partial charge in [-0.15, -0.1) is 9.78 Å². The van der Waals surface area contributed by atoms with Gasteiger partial charge >= 0.3 is 11.9 Å². The van der Waals surface area contributed by atoms with Crippen LogP contribution in [0.15, 0.2) is 36.4 Å². The van der Waals surface area contributed by atoms with Gasteiger partial charge in [0.15, 0.2) is 0 Å². The van der Waals surface area contributed by atoms with Gasteiger partial charge in [-0.2, -0.15) is 0 Å². The molecule has 31 heavy (non-hydrogen) atoms. The van der Waals surface area contributed by atoms with Crippen molar-refractivity contribution >= 4 is 11.9 Å². The molecule has 2 rings (SSSR count). The average molecular weight is 436 g/mol. The third-order valence-corrected chi connectivity index (χ3v) is 4.05. The first-order valence-corrected chi connectivity index (χ1v) is 9.16. The molecule has 10 nitrogen and oxygen atoms in total. The monoisotopic (exact) mass is 436 g/mol. The van der Waals surface area contributed by atoms with E-state index in [2.05, 4.69) is 0 Å². The Balaban J connectivity index is 1.96. The van der Waals surface area contributed by atoms with Crippen LogP contribution in [-0.2, 0) is 19.6 Å². The fourth-order valence-corrected chi connectivity index (χ4v) is 2.37. The molecule has 2 aromatic carbocycles. The van der Waals surface area contributed by atoms with Gasteiger partial charge in [0.05, 0.1) is 28.4 Å². The number of ether oxygens (including phenoxy) is 4. The van der Waals surface area contributed by atoms with Crippen molar-refractivity contribution in [3.05, 3.63) is 47.5 Å². The van der Waals surface area contributed by atoms with Gasteiger partial charge < -0.3 is 18.9 Å². The van der Waals surface area contributed by atoms with Crippen molar-refractivity contribution in [2.75, 3.05) is 28.4 Å². The lowest BCUT2D eigenvalue weighted by molar-refractivity contribution is -0.420. The molecule has 0 heterocycles. The van der Waals surface area contributed by atoms with Gasteiger partial charge in [-0.05, 0) is 24.3 Å². The molecule has 0 aliphatic carbocycles. The van der Waals surface area contributed by atoms with Gasteiger partial charge in [0.1, 0.15) is 34.1 Å². The molecule has 0 unspecified atom stereocenters. The van der Waals surface area contributed by atoms with E-state index in [4.69, 9.17) is 38.5 Å². The molecule has 0 N–H and O–H groups in total. The maximum Gasteiger partial charge on any atom is 0.376 e. The second-order valence-corrected chi connectivity index (χ2v) is 5.90. The number of hydrogen-bond acceptors (Lipinski definition) is 10. The molecule has 0 saturated heterocycles. The van der Waals surface area contributed by atoms with E-state index in [1.54, 1.807) is 19.1 Å². The van der Waals surface area contributed by atoms with Crippen molar-refractivity contribution in [2.24, 2.45) is 0 Å². The summed E-state index contributed by atoms with van der Waals surface area (Å²) in [5.41, 5.74) is 0.219. The van der Waals surface area contributed by atoms with E-state index in [-0.39, 0.29) is 29.0 Å². The Hall–Kier alpha value is -3.50. The topological polar surface area (TPSA) is 108 Å². The number of carbonyl (C=O) groups is 2. The van der Waals surface area contributed by atoms with Crippen molar-refractivity contribution in [3.63, 3.8) is 0 Å². The molecule has 2 aromatic rings. The van der Waals surface area contributed by atoms with Gasteiger partial charge in [0, 0.05) is 18.6 Å². The van der Waals surface area contributed by atoms with Crippen molar-refractivity contribution in [2.45, 2.75) is 19.6 Å². The lowest BCUT2D eigenvalue weighted by atomic mass is 10.2. The van der Waals surface area contributed by atoms with Crippen LogP contribution in [0.25, 0.3) is 0 Å². The minimum atomic E-state index is -1.17. The van der Waals surface area contributed by atoms with Crippen LogP contribution in [0.5, 0.6) is 23.0 Å². The second-order valence-electron chi connectivity index (χ2n) is 5.90. The Bertz CT molecular complexity index is 824. The van der Waals surface area contributed by atoms with Crippen LogP contribution in [0.1, 0.15) is 34.1 Å². The maximum atomic E-state index is 12.3. The van der Waals surface area contributed by atoms with Crippen LogP contribution in [0.2, 0.25) is 0 Å². The van der Waals surface area contributed by atoms with Crippen LogP contribution < -0.4 is 18.9 Å². The first-order valence-electron chi connectivity index (χ1n) is 9.16. The number of benzene rings is 2. The predicted octanol–water partition coefficient (Wildman–Crippen LogP) is 3.33. The highest BCUT2D eigenvalue weighted by Gasteiger charge is 2.22. The van der Waals surface area contributed by atoms with E-state index in [1.165, 1.54) is 52.7 Å². The average Bonchev–Trinajstić information content (AvgIpc) is 2.82. The largest absolute Gasteiger partial charge is 0.497 e. The van der Waals surface area contributed by atoms with Gasteiger partial charge in [0.2, 0.25) is 6.29 Å². The quantitative estimate of drug-likeness (QED) is 0.296. The van der Waals surface area contributed by atoms with Gasteiger partial charge in [-0.1, -0.05) is 6.92 Å². The number of carbonyl (C=O) groups excluding carboxylic acids is 2. The van der Waals surface area contributed by atoms with Crippen molar-refractivity contribution in [3.8, 4) is 23.0 Å². The van der Waals surface area contributed by atoms with E-state index < -0.39 is 18.2 Å². The lowest BCUT2D eigenvalue weighted by Gasteiger charge is -2.15. The van der Waals surface area contributed by atoms with E-state index in [0.29, 0.717) is 11.5 Å². The van der Waals surface area contributed by atoms with E-state index in [9.17, 15) is 9.59 Å². The highest BCUT2D eigenvalue weighted by atomic mass is 17.3. The Morgan fingerprint density at radius 3 is 1.45 bits per heavy atom. The van der Waals surface area contributed by atoms with Gasteiger partial charge in [0.25, 0.3) is 0 Å². The second kappa shape index (κ2) is 11.6. The lowest BCUT2D eigenvalue weighted by Crippen LogP contribution is -2.21. The number of methoxy groups -OCH3 is 4. The van der Waals surface area contributed by atoms with Crippen LogP contribution >= 0.6 is 0 Å². The molecule has 0 aromatic heterocycles. The zero-order chi connectivity index (χ0) is 22.8. The molecule has 0 atom stereocenters. The normalized spacial score (nSPS) is 10.4. The summed E-state index contributed by atoms with van der Waals surface area (Å²) >= 11 is 0. The summed E-state index contributed by atoms with van der Waals surface area (Å²) in [6.07, 6.45) is -0.957. The van der Waals surface area contributed by atoms with E-state index in [1.807, 2.05) is 0 Å². The zero-order valence-corrected chi connectivity index (χ0v) is 17.8. The molecule has 0 saturated carbocycles. The minimum absolute atomic E-state index is 0.109. The fourth-order valence-electron chi connectivity index (χ4n) is 2.37. The molecule has 0 fully saturated rings. The first kappa shape index (κ1) is 23.8. The Labute approximate surface area is 179 Å². The SMILES string of the molecule is CCC(OOC(=O)c1ccc(OC)cc1OC)OOC(=O)c1ccc(OC)cc1OC. The summed E-state index contributed by atoms with van der Waals surface area (Å²) in [5, 5.41) is 0. The summed E-state index contributed by atoms with van der Waals surface area (Å²) < 4.78 is 20.5. The van der Waals surface area contributed by atoms with E-state index in [0.717, 1.165) is 0 Å². The fraction of sp³-hybridized carbons (Fsp3) is 0.333. The predicted molar refractivity (Wildman–Crippen MR) is 106 cm³/mol. The third-order valence-electron chi connectivity index (χ3n) is 4.05. The van der Waals surface area contributed by atoms with Crippen LogP contribution in [0.3, 0.4) is 0 Å². The first-order chi connectivity index (χ1) is 15.0. The molecule has 0 amide bonds. The van der Waals surface area contributed by atoms with Gasteiger partial charge in [-0.25, -0.2) is 9.59 Å². The van der Waals surface area contributed by atoms with Crippen molar-refractivity contribution < 1.29 is 48.1 Å². The molecule has 168 valence electrons. The Morgan fingerprint density at radius 1 is 0.710 bits per heavy atom. The van der Waals surface area contributed by atoms with Gasteiger partial charge in [-0.3, -0.25) is 9.78 Å². The zero-order valence-electron chi connectivity index (χ0n) is 17.8. The van der Waals surface area contributed by atoms with Crippen molar-refractivity contribution in [1.82, 2.24) is 0 Å². The number of rotatable bonds is 11. The van der Waals surface area contributed by atoms with E-state index >= 15 is 0 Å². The number of hydrogen-bond donors (Lipinski definition) is 0. The molecule has 0 aliphatic heterocycles. The minimum Gasteiger partial charge on any atom is -0.497 e. The summed E-state index contributed by atoms with van der Waals surface area (Å²) in [5.74, 6) is -0.177. The standard InChI is InChI=1S/C21H24O10/c1-6-19(28-30-20(22)15-9-7-13(24-2)11-17(15)26-4)29-31-21(23)16-10-8-14(25-3)12-18(16)27-5/h7-12,19H,6H2,1-5H3. The van der Waals surface area contributed by atoms with Crippen LogP contribution in [-0.4, -0.2) is 46.7 Å². The molecule has 0 bridgehead atoms. The maximum absolute atomic E-state index is 12.3. The Morgan fingerprint density at radius 2 is 1.13 bits per heavy atom. The molecular formula is C21H24O10. The molecule has 10 heteroatoms. The Kier molecular flexibility index (Phi) is 8.92. The third kappa shape index (κ3) is 6.24. The van der Waals surface area contributed by atoms with Crippen LogP contribution in [0, 0.1) is 0 Å². The summed E-state index contributed by atoms with van der Waals surface area (Å²) in [7, 11) is 5.78. The molecule has 0 radical (unpaired) electrons. The smallest absolute Gasteiger partial charge is 0.376 e. The van der Waals surface area contributed by atoms with Crippen molar-refractivity contribution in [1.29, 1.82) is 0 Å². The summed E-state index contributed by atoms with van der Waals surface area (Å²) in [6.45, 7) is 1.67. The van der Waals surface area contributed by atoms with Crippen LogP contribution in [0.4, 0.5) is 0 Å².